The average Bonchev–Trinajstić information content (AvgIpc) is 2.30. The minimum absolute atomic E-state index is 0.374. The van der Waals surface area contributed by atoms with Gasteiger partial charge in [-0.2, -0.15) is 11.8 Å². The molecule has 0 aliphatic rings. The number of nitrogens with one attached hydrogen (secondary N) is 2. The normalized spacial score (nSPS) is 12.3. The van der Waals surface area contributed by atoms with E-state index in [1.165, 1.54) is 0 Å². The van der Waals surface area contributed by atoms with Gasteiger partial charge in [0.15, 0.2) is 0 Å². The van der Waals surface area contributed by atoms with Crippen LogP contribution in [0.4, 0.5) is 11.6 Å². The van der Waals surface area contributed by atoms with Gasteiger partial charge in [0.05, 0.1) is 0 Å². The number of anilines is 2. The molecule has 96 valence electrons. The molecular formula is C11H21N5S. The highest BCUT2D eigenvalue weighted by atomic mass is 32.2. The van der Waals surface area contributed by atoms with E-state index in [2.05, 4.69) is 34.6 Å². The fraction of sp³-hybridized carbons (Fsp3) is 0.636. The fourth-order valence-electron chi connectivity index (χ4n) is 1.48. The highest BCUT2D eigenvalue weighted by Crippen LogP contribution is 2.20. The van der Waals surface area contributed by atoms with E-state index in [1.54, 1.807) is 0 Å². The van der Waals surface area contributed by atoms with Crippen molar-refractivity contribution in [2.75, 3.05) is 22.2 Å². The van der Waals surface area contributed by atoms with Crippen molar-refractivity contribution in [1.29, 1.82) is 0 Å². The number of rotatable bonds is 6. The first-order valence-electron chi connectivity index (χ1n) is 5.74. The SMILES string of the molecule is CCSCC(C)Nc1nc(C)nc(NN)c1C. The number of nitrogens with zero attached hydrogens (tertiary/aromatic N) is 2. The lowest BCUT2D eigenvalue weighted by Gasteiger charge is -2.17. The molecule has 1 rings (SSSR count). The summed E-state index contributed by atoms with van der Waals surface area (Å²) < 4.78 is 0. The van der Waals surface area contributed by atoms with Crippen LogP contribution in [-0.4, -0.2) is 27.5 Å². The Balaban J connectivity index is 2.79. The lowest BCUT2D eigenvalue weighted by molar-refractivity contribution is 0.886. The molecule has 1 unspecified atom stereocenters. The van der Waals surface area contributed by atoms with Crippen LogP contribution in [0.1, 0.15) is 25.2 Å². The van der Waals surface area contributed by atoms with Crippen molar-refractivity contribution in [3.05, 3.63) is 11.4 Å². The molecule has 0 amide bonds. The number of hydrazine groups is 1. The quantitative estimate of drug-likeness (QED) is 0.533. The first-order valence-corrected chi connectivity index (χ1v) is 6.90. The Morgan fingerprint density at radius 2 is 1.94 bits per heavy atom. The summed E-state index contributed by atoms with van der Waals surface area (Å²) in [7, 11) is 0. The van der Waals surface area contributed by atoms with Gasteiger partial charge in [-0.15, -0.1) is 0 Å². The van der Waals surface area contributed by atoms with Crippen molar-refractivity contribution in [3.8, 4) is 0 Å². The minimum Gasteiger partial charge on any atom is -0.366 e. The average molecular weight is 255 g/mol. The van der Waals surface area contributed by atoms with E-state index < -0.39 is 0 Å². The highest BCUT2D eigenvalue weighted by molar-refractivity contribution is 7.99. The third-order valence-corrected chi connectivity index (χ3v) is 3.49. The zero-order valence-corrected chi connectivity index (χ0v) is 11.7. The van der Waals surface area contributed by atoms with Gasteiger partial charge >= 0.3 is 0 Å². The molecular weight excluding hydrogens is 234 g/mol. The molecule has 1 aromatic rings. The van der Waals surface area contributed by atoms with E-state index in [9.17, 15) is 0 Å². The molecule has 0 radical (unpaired) electrons. The predicted molar refractivity (Wildman–Crippen MR) is 75.4 cm³/mol. The zero-order valence-electron chi connectivity index (χ0n) is 10.9. The zero-order chi connectivity index (χ0) is 12.8. The summed E-state index contributed by atoms with van der Waals surface area (Å²) in [5, 5.41) is 3.39. The summed E-state index contributed by atoms with van der Waals surface area (Å²) in [6.45, 7) is 8.12. The molecule has 0 spiro atoms. The molecule has 0 saturated carbocycles. The number of thioether (sulfide) groups is 1. The van der Waals surface area contributed by atoms with Crippen LogP contribution in [-0.2, 0) is 0 Å². The molecule has 1 heterocycles. The molecule has 4 N–H and O–H groups in total. The Morgan fingerprint density at radius 1 is 1.29 bits per heavy atom. The summed E-state index contributed by atoms with van der Waals surface area (Å²) in [6.07, 6.45) is 0. The lowest BCUT2D eigenvalue weighted by Crippen LogP contribution is -2.21. The molecule has 0 saturated heterocycles. The van der Waals surface area contributed by atoms with Crippen LogP contribution in [0.3, 0.4) is 0 Å². The maximum absolute atomic E-state index is 5.43. The second-order valence-corrected chi connectivity index (χ2v) is 5.26. The molecule has 0 aliphatic heterocycles. The van der Waals surface area contributed by atoms with Crippen molar-refractivity contribution in [2.24, 2.45) is 5.84 Å². The topological polar surface area (TPSA) is 75.9 Å². The summed E-state index contributed by atoms with van der Waals surface area (Å²) >= 11 is 1.91. The van der Waals surface area contributed by atoms with Crippen molar-refractivity contribution < 1.29 is 0 Å². The van der Waals surface area contributed by atoms with Crippen LogP contribution in [0.15, 0.2) is 0 Å². The summed E-state index contributed by atoms with van der Waals surface area (Å²) in [5.74, 6) is 9.86. The van der Waals surface area contributed by atoms with Crippen LogP contribution >= 0.6 is 11.8 Å². The molecule has 0 fully saturated rings. The van der Waals surface area contributed by atoms with Gasteiger partial charge in [-0.3, -0.25) is 0 Å². The summed E-state index contributed by atoms with van der Waals surface area (Å²) in [6, 6.07) is 0.374. The lowest BCUT2D eigenvalue weighted by atomic mass is 10.3. The van der Waals surface area contributed by atoms with E-state index in [4.69, 9.17) is 5.84 Å². The van der Waals surface area contributed by atoms with Crippen LogP contribution in [0.25, 0.3) is 0 Å². The molecule has 0 bridgehead atoms. The second-order valence-electron chi connectivity index (χ2n) is 3.94. The summed E-state index contributed by atoms with van der Waals surface area (Å²) in [5.41, 5.74) is 3.55. The number of hydrogen-bond acceptors (Lipinski definition) is 6. The molecule has 0 aliphatic carbocycles. The Kier molecular flexibility index (Phi) is 5.50. The van der Waals surface area contributed by atoms with E-state index >= 15 is 0 Å². The van der Waals surface area contributed by atoms with E-state index in [-0.39, 0.29) is 0 Å². The smallest absolute Gasteiger partial charge is 0.148 e. The maximum Gasteiger partial charge on any atom is 0.148 e. The summed E-state index contributed by atoms with van der Waals surface area (Å²) in [4.78, 5) is 8.63. The van der Waals surface area contributed by atoms with E-state index in [0.717, 1.165) is 22.9 Å². The predicted octanol–water partition coefficient (Wildman–Crippen LogP) is 1.93. The molecule has 1 atom stereocenters. The fourth-order valence-corrected chi connectivity index (χ4v) is 2.15. The van der Waals surface area contributed by atoms with Gasteiger partial charge in [0.1, 0.15) is 17.5 Å². The number of aromatic nitrogens is 2. The van der Waals surface area contributed by atoms with E-state index in [0.29, 0.717) is 17.7 Å². The first-order chi connectivity index (χ1) is 8.08. The van der Waals surface area contributed by atoms with Gasteiger partial charge in [-0.25, -0.2) is 15.8 Å². The van der Waals surface area contributed by atoms with Gasteiger partial charge in [0.25, 0.3) is 0 Å². The van der Waals surface area contributed by atoms with Crippen LogP contribution in [0, 0.1) is 13.8 Å². The van der Waals surface area contributed by atoms with Gasteiger partial charge in [-0.05, 0) is 26.5 Å². The second kappa shape index (κ2) is 6.66. The van der Waals surface area contributed by atoms with Crippen molar-refractivity contribution in [1.82, 2.24) is 9.97 Å². The third kappa shape index (κ3) is 4.05. The standard InChI is InChI=1S/C11H21N5S/c1-5-17-6-7(2)13-10-8(3)11(16-12)15-9(4)14-10/h7H,5-6,12H2,1-4H3,(H2,13,14,15,16). The largest absolute Gasteiger partial charge is 0.366 e. The van der Waals surface area contributed by atoms with Crippen molar-refractivity contribution >= 4 is 23.4 Å². The Hall–Kier alpha value is -1.01. The first kappa shape index (κ1) is 14.1. The number of nitrogen functional groups attached to an aromatic ring is 1. The molecule has 0 aromatic carbocycles. The Morgan fingerprint density at radius 3 is 2.53 bits per heavy atom. The number of aryl methyl sites for hydroxylation is 1. The Bertz CT molecular complexity index is 369. The Labute approximate surface area is 107 Å². The molecule has 5 nitrogen and oxygen atoms in total. The van der Waals surface area contributed by atoms with Crippen LogP contribution in [0.5, 0.6) is 0 Å². The van der Waals surface area contributed by atoms with E-state index in [1.807, 2.05) is 25.6 Å². The van der Waals surface area contributed by atoms with Crippen LogP contribution in [0.2, 0.25) is 0 Å². The van der Waals surface area contributed by atoms with Gasteiger partial charge in [-0.1, -0.05) is 6.92 Å². The molecule has 17 heavy (non-hydrogen) atoms. The van der Waals surface area contributed by atoms with Gasteiger partial charge in [0.2, 0.25) is 0 Å². The van der Waals surface area contributed by atoms with Gasteiger partial charge in [0, 0.05) is 17.4 Å². The highest BCUT2D eigenvalue weighted by Gasteiger charge is 2.10. The number of hydrogen-bond donors (Lipinski definition) is 3. The third-order valence-electron chi connectivity index (χ3n) is 2.35. The monoisotopic (exact) mass is 255 g/mol. The van der Waals surface area contributed by atoms with Crippen molar-refractivity contribution in [3.63, 3.8) is 0 Å². The molecule has 6 heteroatoms. The van der Waals surface area contributed by atoms with Gasteiger partial charge < -0.3 is 10.7 Å². The minimum atomic E-state index is 0.374. The van der Waals surface area contributed by atoms with Crippen molar-refractivity contribution in [2.45, 2.75) is 33.7 Å². The maximum atomic E-state index is 5.43. The number of nitrogens with two attached hydrogens (primary N) is 1. The van der Waals surface area contributed by atoms with Crippen LogP contribution < -0.4 is 16.6 Å². The molecule has 1 aromatic heterocycles.